The maximum absolute atomic E-state index is 12.4. The maximum atomic E-state index is 12.4. The number of nitrogens with zero attached hydrogens (tertiary/aromatic N) is 1. The SMILES string of the molecule is O=C(Nc1ccccc1Cl)[C@@H]1CCCN(C(=O)C2CC2)C1. The molecule has 1 aromatic carbocycles. The molecule has 1 aromatic rings. The van der Waals surface area contributed by atoms with Gasteiger partial charge in [-0.1, -0.05) is 23.7 Å². The molecule has 5 heteroatoms. The lowest BCUT2D eigenvalue weighted by atomic mass is 9.96. The molecule has 3 rings (SSSR count). The van der Waals surface area contributed by atoms with Crippen LogP contribution in [0, 0.1) is 11.8 Å². The van der Waals surface area contributed by atoms with E-state index in [2.05, 4.69) is 5.32 Å². The molecule has 0 unspecified atom stereocenters. The molecule has 1 saturated heterocycles. The van der Waals surface area contributed by atoms with Crippen molar-refractivity contribution in [3.63, 3.8) is 0 Å². The van der Waals surface area contributed by atoms with Crippen LogP contribution in [0.1, 0.15) is 25.7 Å². The third-order valence-electron chi connectivity index (χ3n) is 4.16. The summed E-state index contributed by atoms with van der Waals surface area (Å²) in [5.74, 6) is 0.259. The standard InChI is InChI=1S/C16H19ClN2O2/c17-13-5-1-2-6-14(13)18-15(20)12-4-3-9-19(10-12)16(21)11-7-8-11/h1-2,5-6,11-12H,3-4,7-10H2,(H,18,20)/t12-/m1/s1. The molecule has 0 spiro atoms. The lowest BCUT2D eigenvalue weighted by Gasteiger charge is -2.32. The summed E-state index contributed by atoms with van der Waals surface area (Å²) < 4.78 is 0. The van der Waals surface area contributed by atoms with E-state index in [0.717, 1.165) is 32.2 Å². The Morgan fingerprint density at radius 2 is 1.90 bits per heavy atom. The van der Waals surface area contributed by atoms with Gasteiger partial charge in [0, 0.05) is 19.0 Å². The van der Waals surface area contributed by atoms with Crippen LogP contribution in [0.5, 0.6) is 0 Å². The molecule has 1 aliphatic heterocycles. The van der Waals surface area contributed by atoms with Crippen molar-refractivity contribution in [2.75, 3.05) is 18.4 Å². The summed E-state index contributed by atoms with van der Waals surface area (Å²) >= 11 is 6.06. The van der Waals surface area contributed by atoms with E-state index in [1.54, 1.807) is 12.1 Å². The van der Waals surface area contributed by atoms with Gasteiger partial charge >= 0.3 is 0 Å². The minimum atomic E-state index is -0.141. The quantitative estimate of drug-likeness (QED) is 0.933. The average molecular weight is 307 g/mol. The van der Waals surface area contributed by atoms with Gasteiger partial charge in [-0.2, -0.15) is 0 Å². The van der Waals surface area contributed by atoms with Crippen LogP contribution in [0.15, 0.2) is 24.3 Å². The Hall–Kier alpha value is -1.55. The Morgan fingerprint density at radius 3 is 2.62 bits per heavy atom. The van der Waals surface area contributed by atoms with Gasteiger partial charge < -0.3 is 10.2 Å². The van der Waals surface area contributed by atoms with E-state index in [1.807, 2.05) is 17.0 Å². The average Bonchev–Trinajstić information content (AvgIpc) is 3.34. The molecule has 1 saturated carbocycles. The minimum absolute atomic E-state index is 0.0450. The number of hydrogen-bond donors (Lipinski definition) is 1. The number of nitrogens with one attached hydrogen (secondary N) is 1. The number of para-hydroxylation sites is 1. The van der Waals surface area contributed by atoms with E-state index in [-0.39, 0.29) is 23.7 Å². The van der Waals surface area contributed by atoms with Gasteiger partial charge in [-0.15, -0.1) is 0 Å². The molecule has 2 fully saturated rings. The Labute approximate surface area is 129 Å². The van der Waals surface area contributed by atoms with Crippen molar-refractivity contribution in [1.82, 2.24) is 4.90 Å². The second-order valence-electron chi connectivity index (χ2n) is 5.87. The van der Waals surface area contributed by atoms with E-state index >= 15 is 0 Å². The molecule has 1 atom stereocenters. The summed E-state index contributed by atoms with van der Waals surface area (Å²) in [5.41, 5.74) is 0.634. The second-order valence-corrected chi connectivity index (χ2v) is 6.27. The van der Waals surface area contributed by atoms with Gasteiger partial charge in [-0.3, -0.25) is 9.59 Å². The van der Waals surface area contributed by atoms with Crippen molar-refractivity contribution < 1.29 is 9.59 Å². The third kappa shape index (κ3) is 3.38. The fraction of sp³-hybridized carbons (Fsp3) is 0.500. The van der Waals surface area contributed by atoms with Crippen LogP contribution in [-0.4, -0.2) is 29.8 Å². The molecule has 0 bridgehead atoms. The molecular weight excluding hydrogens is 288 g/mol. The molecular formula is C16H19ClN2O2. The summed E-state index contributed by atoms with van der Waals surface area (Å²) in [4.78, 5) is 26.3. The molecule has 112 valence electrons. The monoisotopic (exact) mass is 306 g/mol. The number of piperidine rings is 1. The Balaban J connectivity index is 1.61. The van der Waals surface area contributed by atoms with Crippen LogP contribution in [0.2, 0.25) is 5.02 Å². The lowest BCUT2D eigenvalue weighted by molar-refractivity contribution is -0.135. The van der Waals surface area contributed by atoms with Crippen molar-refractivity contribution in [3.8, 4) is 0 Å². The smallest absolute Gasteiger partial charge is 0.229 e. The van der Waals surface area contributed by atoms with Gasteiger partial charge in [0.1, 0.15) is 0 Å². The van der Waals surface area contributed by atoms with Gasteiger partial charge in [0.25, 0.3) is 0 Å². The molecule has 2 amide bonds. The van der Waals surface area contributed by atoms with Crippen LogP contribution in [0.3, 0.4) is 0 Å². The predicted octanol–water partition coefficient (Wildman–Crippen LogP) is 2.93. The predicted molar refractivity (Wildman–Crippen MR) is 82.1 cm³/mol. The normalized spacial score (nSPS) is 22.0. The summed E-state index contributed by atoms with van der Waals surface area (Å²) in [6.07, 6.45) is 3.72. The zero-order valence-corrected chi connectivity index (χ0v) is 12.6. The van der Waals surface area contributed by atoms with E-state index in [0.29, 0.717) is 17.3 Å². The van der Waals surface area contributed by atoms with E-state index in [4.69, 9.17) is 11.6 Å². The number of carbonyl (C=O) groups excluding carboxylic acids is 2. The van der Waals surface area contributed by atoms with E-state index in [1.165, 1.54) is 0 Å². The van der Waals surface area contributed by atoms with Crippen molar-refractivity contribution in [1.29, 1.82) is 0 Å². The molecule has 0 aromatic heterocycles. The highest BCUT2D eigenvalue weighted by atomic mass is 35.5. The highest BCUT2D eigenvalue weighted by Crippen LogP contribution is 2.32. The zero-order chi connectivity index (χ0) is 14.8. The Bertz CT molecular complexity index is 557. The van der Waals surface area contributed by atoms with Crippen LogP contribution in [0.4, 0.5) is 5.69 Å². The summed E-state index contributed by atoms with van der Waals surface area (Å²) in [6, 6.07) is 7.21. The maximum Gasteiger partial charge on any atom is 0.229 e. The first kappa shape index (κ1) is 14.4. The first-order chi connectivity index (χ1) is 10.1. The Kier molecular flexibility index (Phi) is 4.15. The van der Waals surface area contributed by atoms with Crippen molar-refractivity contribution >= 4 is 29.1 Å². The van der Waals surface area contributed by atoms with Gasteiger partial charge in [0.2, 0.25) is 11.8 Å². The van der Waals surface area contributed by atoms with E-state index in [9.17, 15) is 9.59 Å². The molecule has 21 heavy (non-hydrogen) atoms. The zero-order valence-electron chi connectivity index (χ0n) is 11.8. The number of carbonyl (C=O) groups is 2. The van der Waals surface area contributed by atoms with Crippen LogP contribution in [-0.2, 0) is 9.59 Å². The number of halogens is 1. The second kappa shape index (κ2) is 6.06. The van der Waals surface area contributed by atoms with Crippen molar-refractivity contribution in [2.45, 2.75) is 25.7 Å². The van der Waals surface area contributed by atoms with Crippen LogP contribution in [0.25, 0.3) is 0 Å². The molecule has 4 nitrogen and oxygen atoms in total. The molecule has 1 heterocycles. The Morgan fingerprint density at radius 1 is 1.14 bits per heavy atom. The van der Waals surface area contributed by atoms with E-state index < -0.39 is 0 Å². The number of rotatable bonds is 3. The van der Waals surface area contributed by atoms with Crippen molar-refractivity contribution in [3.05, 3.63) is 29.3 Å². The fourth-order valence-electron chi connectivity index (χ4n) is 2.78. The largest absolute Gasteiger partial charge is 0.342 e. The molecule has 2 aliphatic rings. The van der Waals surface area contributed by atoms with Crippen LogP contribution >= 0.6 is 11.6 Å². The minimum Gasteiger partial charge on any atom is -0.342 e. The number of anilines is 1. The summed E-state index contributed by atoms with van der Waals surface area (Å²) in [6.45, 7) is 1.32. The highest BCUT2D eigenvalue weighted by molar-refractivity contribution is 6.33. The fourth-order valence-corrected chi connectivity index (χ4v) is 2.96. The van der Waals surface area contributed by atoms with Gasteiger partial charge in [0.05, 0.1) is 16.6 Å². The number of benzene rings is 1. The lowest BCUT2D eigenvalue weighted by Crippen LogP contribution is -2.44. The van der Waals surface area contributed by atoms with Crippen LogP contribution < -0.4 is 5.32 Å². The topological polar surface area (TPSA) is 49.4 Å². The first-order valence-electron chi connectivity index (χ1n) is 7.49. The highest BCUT2D eigenvalue weighted by Gasteiger charge is 2.36. The summed E-state index contributed by atoms with van der Waals surface area (Å²) in [5, 5.41) is 3.41. The number of hydrogen-bond acceptors (Lipinski definition) is 2. The number of likely N-dealkylation sites (tertiary alicyclic amines) is 1. The first-order valence-corrected chi connectivity index (χ1v) is 7.87. The summed E-state index contributed by atoms with van der Waals surface area (Å²) in [7, 11) is 0. The molecule has 1 aliphatic carbocycles. The van der Waals surface area contributed by atoms with Gasteiger partial charge in [-0.05, 0) is 37.8 Å². The molecule has 0 radical (unpaired) electrons. The van der Waals surface area contributed by atoms with Gasteiger partial charge in [0.15, 0.2) is 0 Å². The molecule has 1 N–H and O–H groups in total. The third-order valence-corrected chi connectivity index (χ3v) is 4.49. The number of amides is 2. The van der Waals surface area contributed by atoms with Gasteiger partial charge in [-0.25, -0.2) is 0 Å². The van der Waals surface area contributed by atoms with Crippen molar-refractivity contribution in [2.24, 2.45) is 11.8 Å².